The van der Waals surface area contributed by atoms with Gasteiger partial charge < -0.3 is 16.2 Å². The molecule has 0 aliphatic heterocycles. The van der Waals surface area contributed by atoms with Crippen molar-refractivity contribution in [2.75, 3.05) is 5.73 Å². The van der Waals surface area contributed by atoms with E-state index in [4.69, 9.17) is 16.2 Å². The third-order valence-electron chi connectivity index (χ3n) is 2.75. The molecule has 0 aliphatic rings. The van der Waals surface area contributed by atoms with Crippen LogP contribution < -0.4 is 16.2 Å². The van der Waals surface area contributed by atoms with Crippen molar-refractivity contribution in [1.29, 1.82) is 0 Å². The molecule has 0 aliphatic carbocycles. The number of pyridine rings is 2. The van der Waals surface area contributed by atoms with Gasteiger partial charge in [-0.3, -0.25) is 9.78 Å². The number of nitrogens with zero attached hydrogens (tertiary/aromatic N) is 2. The molecule has 0 saturated carbocycles. The van der Waals surface area contributed by atoms with Crippen LogP contribution in [0.5, 0.6) is 11.6 Å². The maximum absolute atomic E-state index is 11.4. The number of anilines is 1. The summed E-state index contributed by atoms with van der Waals surface area (Å²) in [6, 6.07) is 5.07. The highest BCUT2D eigenvalue weighted by molar-refractivity contribution is 5.95. The first-order valence-corrected chi connectivity index (χ1v) is 6.21. The largest absolute Gasteiger partial charge is 0.436 e. The van der Waals surface area contributed by atoms with Gasteiger partial charge in [-0.05, 0) is 31.5 Å². The van der Waals surface area contributed by atoms with Crippen LogP contribution in [-0.2, 0) is 6.42 Å². The molecule has 1 amide bonds. The number of carbonyl (C=O) groups excluding carboxylic acids is 1. The fourth-order valence-electron chi connectivity index (χ4n) is 1.77. The number of nitrogen functional groups attached to an aromatic ring is 1. The summed E-state index contributed by atoms with van der Waals surface area (Å²) in [5.74, 6) is 0.0443. The number of hydrogen-bond donors (Lipinski definition) is 2. The Hall–Kier alpha value is -2.63. The van der Waals surface area contributed by atoms with Crippen LogP contribution in [-0.4, -0.2) is 15.9 Å². The third kappa shape index (κ3) is 2.85. The summed E-state index contributed by atoms with van der Waals surface area (Å²) in [6.45, 7) is 3.87. The summed E-state index contributed by atoms with van der Waals surface area (Å²) in [5.41, 5.74) is 13.1. The first-order valence-electron chi connectivity index (χ1n) is 6.21. The summed E-state index contributed by atoms with van der Waals surface area (Å²) >= 11 is 0. The molecular formula is C14H16N4O2. The lowest BCUT2D eigenvalue weighted by Gasteiger charge is -2.11. The Labute approximate surface area is 116 Å². The van der Waals surface area contributed by atoms with E-state index in [1.807, 2.05) is 19.9 Å². The van der Waals surface area contributed by atoms with Gasteiger partial charge in [-0.1, -0.05) is 6.92 Å². The molecule has 0 unspecified atom stereocenters. The lowest BCUT2D eigenvalue weighted by molar-refractivity contribution is 0.0997. The second-order valence-corrected chi connectivity index (χ2v) is 4.34. The molecular weight excluding hydrogens is 256 g/mol. The van der Waals surface area contributed by atoms with E-state index in [1.54, 1.807) is 6.07 Å². The molecule has 20 heavy (non-hydrogen) atoms. The molecule has 0 spiro atoms. The average molecular weight is 272 g/mol. The second-order valence-electron chi connectivity index (χ2n) is 4.34. The normalized spacial score (nSPS) is 10.3. The zero-order valence-electron chi connectivity index (χ0n) is 11.4. The number of aryl methyl sites for hydroxylation is 2. The Bertz CT molecular complexity index is 656. The molecule has 0 radical (unpaired) electrons. The molecule has 2 rings (SSSR count). The summed E-state index contributed by atoms with van der Waals surface area (Å²) < 4.78 is 5.67. The topological polar surface area (TPSA) is 104 Å². The van der Waals surface area contributed by atoms with Crippen molar-refractivity contribution in [2.45, 2.75) is 20.3 Å². The van der Waals surface area contributed by atoms with Crippen LogP contribution in [0.15, 0.2) is 24.4 Å². The Morgan fingerprint density at radius 3 is 2.80 bits per heavy atom. The Morgan fingerprint density at radius 1 is 1.40 bits per heavy atom. The fraction of sp³-hybridized carbons (Fsp3) is 0.214. The fourth-order valence-corrected chi connectivity index (χ4v) is 1.77. The summed E-state index contributed by atoms with van der Waals surface area (Å²) in [7, 11) is 0. The molecule has 4 N–H and O–H groups in total. The smallest absolute Gasteiger partial charge is 0.254 e. The summed E-state index contributed by atoms with van der Waals surface area (Å²) in [5, 5.41) is 0. The number of hydrogen-bond acceptors (Lipinski definition) is 5. The maximum Gasteiger partial charge on any atom is 0.254 e. The van der Waals surface area contributed by atoms with Crippen LogP contribution in [0.4, 0.5) is 5.69 Å². The number of carbonyl (C=O) groups is 1. The molecule has 0 saturated heterocycles. The van der Waals surface area contributed by atoms with Crippen LogP contribution in [0.3, 0.4) is 0 Å². The Kier molecular flexibility index (Phi) is 3.84. The van der Waals surface area contributed by atoms with Crippen LogP contribution in [0.1, 0.15) is 28.7 Å². The molecule has 104 valence electrons. The van der Waals surface area contributed by atoms with Crippen molar-refractivity contribution >= 4 is 11.6 Å². The standard InChI is InChI=1S/C14H16N4O2/c1-3-11-12(5-4-8(2)18-11)20-14-10(13(16)19)6-9(15)7-17-14/h4-7H,3,15H2,1-2H3,(H2,16,19). The highest BCUT2D eigenvalue weighted by Gasteiger charge is 2.14. The number of aromatic nitrogens is 2. The van der Waals surface area contributed by atoms with Crippen LogP contribution >= 0.6 is 0 Å². The average Bonchev–Trinajstić information content (AvgIpc) is 2.42. The molecule has 0 aromatic carbocycles. The molecule has 0 bridgehead atoms. The van der Waals surface area contributed by atoms with Crippen molar-refractivity contribution in [2.24, 2.45) is 5.73 Å². The van der Waals surface area contributed by atoms with Crippen molar-refractivity contribution in [3.8, 4) is 11.6 Å². The van der Waals surface area contributed by atoms with Gasteiger partial charge in [0.1, 0.15) is 5.56 Å². The quantitative estimate of drug-likeness (QED) is 0.883. The van der Waals surface area contributed by atoms with E-state index in [0.29, 0.717) is 17.9 Å². The SMILES string of the molecule is CCc1nc(C)ccc1Oc1ncc(N)cc1C(N)=O. The number of primary amides is 1. The van der Waals surface area contributed by atoms with E-state index in [1.165, 1.54) is 12.3 Å². The summed E-state index contributed by atoms with van der Waals surface area (Å²) in [6.07, 6.45) is 2.12. The number of ether oxygens (including phenoxy) is 1. The first kappa shape index (κ1) is 13.8. The van der Waals surface area contributed by atoms with E-state index >= 15 is 0 Å². The molecule has 0 fully saturated rings. The van der Waals surface area contributed by atoms with E-state index in [2.05, 4.69) is 9.97 Å². The van der Waals surface area contributed by atoms with E-state index in [-0.39, 0.29) is 11.4 Å². The number of rotatable bonds is 4. The monoisotopic (exact) mass is 272 g/mol. The van der Waals surface area contributed by atoms with Gasteiger partial charge in [0.05, 0.1) is 17.6 Å². The Morgan fingerprint density at radius 2 is 2.15 bits per heavy atom. The maximum atomic E-state index is 11.4. The van der Waals surface area contributed by atoms with Gasteiger partial charge >= 0.3 is 0 Å². The lowest BCUT2D eigenvalue weighted by atomic mass is 10.2. The highest BCUT2D eigenvalue weighted by atomic mass is 16.5. The van der Waals surface area contributed by atoms with Gasteiger partial charge in [0, 0.05) is 5.69 Å². The van der Waals surface area contributed by atoms with Gasteiger partial charge in [-0.2, -0.15) is 0 Å². The van der Waals surface area contributed by atoms with Crippen molar-refractivity contribution in [3.05, 3.63) is 41.3 Å². The van der Waals surface area contributed by atoms with Crippen LogP contribution in [0, 0.1) is 6.92 Å². The first-order chi connectivity index (χ1) is 9.51. The van der Waals surface area contributed by atoms with Gasteiger partial charge in [0.25, 0.3) is 5.91 Å². The summed E-state index contributed by atoms with van der Waals surface area (Å²) in [4.78, 5) is 19.8. The second kappa shape index (κ2) is 5.56. The lowest BCUT2D eigenvalue weighted by Crippen LogP contribution is -2.14. The van der Waals surface area contributed by atoms with Crippen LogP contribution in [0.25, 0.3) is 0 Å². The molecule has 2 aromatic heterocycles. The zero-order chi connectivity index (χ0) is 14.7. The predicted octanol–water partition coefficient (Wildman–Crippen LogP) is 1.82. The molecule has 6 heteroatoms. The van der Waals surface area contributed by atoms with Gasteiger partial charge in [-0.15, -0.1) is 0 Å². The molecule has 2 aromatic rings. The van der Waals surface area contributed by atoms with Gasteiger partial charge in [-0.25, -0.2) is 4.98 Å². The van der Waals surface area contributed by atoms with Gasteiger partial charge in [0.15, 0.2) is 5.75 Å². The molecule has 2 heterocycles. The van der Waals surface area contributed by atoms with Crippen molar-refractivity contribution < 1.29 is 9.53 Å². The van der Waals surface area contributed by atoms with E-state index < -0.39 is 5.91 Å². The van der Waals surface area contributed by atoms with Crippen molar-refractivity contribution in [1.82, 2.24) is 9.97 Å². The van der Waals surface area contributed by atoms with Crippen molar-refractivity contribution in [3.63, 3.8) is 0 Å². The number of amides is 1. The third-order valence-corrected chi connectivity index (χ3v) is 2.75. The Balaban J connectivity index is 2.42. The van der Waals surface area contributed by atoms with E-state index in [9.17, 15) is 4.79 Å². The molecule has 0 atom stereocenters. The number of nitrogens with two attached hydrogens (primary N) is 2. The predicted molar refractivity (Wildman–Crippen MR) is 75.6 cm³/mol. The zero-order valence-corrected chi connectivity index (χ0v) is 11.4. The molecule has 6 nitrogen and oxygen atoms in total. The van der Waals surface area contributed by atoms with E-state index in [0.717, 1.165) is 11.4 Å². The minimum absolute atomic E-state index is 0.132. The van der Waals surface area contributed by atoms with Crippen LogP contribution in [0.2, 0.25) is 0 Å². The minimum atomic E-state index is -0.641. The highest BCUT2D eigenvalue weighted by Crippen LogP contribution is 2.27. The minimum Gasteiger partial charge on any atom is -0.436 e. The van der Waals surface area contributed by atoms with Gasteiger partial charge in [0.2, 0.25) is 5.88 Å².